The van der Waals surface area contributed by atoms with Crippen LogP contribution < -0.4 is 65.5 Å². The number of amides is 4. The number of nitrogens with one attached hydrogen (secondary N) is 12. The molecule has 20 N–H and O–H groups in total. The Balaban J connectivity index is 2.00. The molecular weight excluding hydrogens is 909 g/mol. The summed E-state index contributed by atoms with van der Waals surface area (Å²) in [6.07, 6.45) is 3.79. The van der Waals surface area contributed by atoms with E-state index in [9.17, 15) is 19.2 Å². The van der Waals surface area contributed by atoms with E-state index in [4.69, 9.17) is 44.6 Å². The molecule has 0 saturated carbocycles. The lowest BCUT2D eigenvalue weighted by Gasteiger charge is -2.24. The predicted molar refractivity (Wildman–Crippen MR) is 274 cm³/mol. The van der Waals surface area contributed by atoms with Gasteiger partial charge in [-0.2, -0.15) is 0 Å². The van der Waals surface area contributed by atoms with E-state index in [-0.39, 0.29) is 59.9 Å². The van der Waals surface area contributed by atoms with Crippen LogP contribution in [0.5, 0.6) is 0 Å². The van der Waals surface area contributed by atoms with Crippen molar-refractivity contribution < 1.29 is 19.2 Å². The number of hydrogen-bond donors (Lipinski definition) is 16. The van der Waals surface area contributed by atoms with Gasteiger partial charge >= 0.3 is 0 Å². The molecule has 0 aliphatic heterocycles. The van der Waals surface area contributed by atoms with Crippen LogP contribution in [0.25, 0.3) is 0 Å². The van der Waals surface area contributed by atoms with Crippen LogP contribution >= 0.6 is 23.5 Å². The standard InChI is InChI=1S/C44H68N18O4S2/c1-43(2,3)25-19-27(59-33(63)11-7-9-13-53-39(45)46)35(67-17-15-55-41(49)50)29(21-25)61-37(65)31-23-32(58-24-57-31)38(66)62-30-22-26(44(4,5)6)20-28(36(30)68-18-16-56-42(51)52)60-34(64)12-8-10-14-54-40(47)48/h19-24H,7-18H2,1-6H3,(H,59,63)(H,60,64)(H,61,65)(H,62,66)(H4,45,46,53)(H4,47,48,54)(H4,49,50,55)(H4,51,52,56). The van der Waals surface area contributed by atoms with Gasteiger partial charge < -0.3 is 65.5 Å². The fourth-order valence-corrected chi connectivity index (χ4v) is 8.03. The lowest BCUT2D eigenvalue weighted by molar-refractivity contribution is -0.117. The molecule has 0 fully saturated rings. The highest BCUT2D eigenvalue weighted by atomic mass is 32.2. The average molecular weight is 977 g/mol. The molecule has 370 valence electrons. The molecule has 1 heterocycles. The number of thioether (sulfide) groups is 2. The van der Waals surface area contributed by atoms with Crippen LogP contribution in [0.1, 0.15) is 112 Å². The summed E-state index contributed by atoms with van der Waals surface area (Å²) in [5.41, 5.74) is 24.0. The number of aromatic nitrogens is 2. The van der Waals surface area contributed by atoms with Crippen LogP contribution in [0, 0.1) is 21.6 Å². The molecule has 0 radical (unpaired) electrons. The molecular formula is C44H68N18O4S2. The maximum absolute atomic E-state index is 14.1. The van der Waals surface area contributed by atoms with Crippen molar-refractivity contribution in [3.05, 3.63) is 59.2 Å². The summed E-state index contributed by atoms with van der Waals surface area (Å²) >= 11 is 2.66. The van der Waals surface area contributed by atoms with Gasteiger partial charge in [-0.25, -0.2) is 9.97 Å². The lowest BCUT2D eigenvalue weighted by atomic mass is 9.86. The minimum absolute atomic E-state index is 0.120. The minimum Gasteiger partial charge on any atom is -0.370 e. The fourth-order valence-electron chi connectivity index (χ4n) is 6.15. The zero-order valence-electron chi connectivity index (χ0n) is 39.6. The number of hydrogen-bond acceptors (Lipinski definition) is 12. The Bertz CT molecular complexity index is 2160. The van der Waals surface area contributed by atoms with Crippen LogP contribution in [0.4, 0.5) is 22.7 Å². The maximum Gasteiger partial charge on any atom is 0.274 e. The van der Waals surface area contributed by atoms with E-state index in [1.807, 2.05) is 65.8 Å². The van der Waals surface area contributed by atoms with Gasteiger partial charge in [0.15, 0.2) is 23.8 Å². The van der Waals surface area contributed by atoms with Crippen molar-refractivity contribution in [1.29, 1.82) is 21.6 Å². The second-order valence-corrected chi connectivity index (χ2v) is 19.8. The third-order valence-electron chi connectivity index (χ3n) is 9.71. The molecule has 22 nitrogen and oxygen atoms in total. The normalized spacial score (nSPS) is 11.1. The minimum atomic E-state index is -0.655. The first-order valence-corrected chi connectivity index (χ1v) is 23.9. The van der Waals surface area contributed by atoms with E-state index < -0.39 is 22.6 Å². The van der Waals surface area contributed by atoms with E-state index in [0.717, 1.165) is 17.5 Å². The summed E-state index contributed by atoms with van der Waals surface area (Å²) in [5, 5.41) is 52.8. The van der Waals surface area contributed by atoms with Gasteiger partial charge in [-0.3, -0.25) is 40.8 Å². The highest BCUT2D eigenvalue weighted by Gasteiger charge is 2.25. The Kier molecular flexibility index (Phi) is 21.6. The molecule has 3 rings (SSSR count). The smallest absolute Gasteiger partial charge is 0.274 e. The molecule has 3 aromatic rings. The molecule has 0 spiro atoms. The number of benzene rings is 2. The molecule has 0 aliphatic carbocycles. The zero-order valence-corrected chi connectivity index (χ0v) is 41.2. The third-order valence-corrected chi connectivity index (χ3v) is 12.0. The number of unbranched alkanes of at least 4 members (excludes halogenated alkanes) is 2. The zero-order chi connectivity index (χ0) is 50.6. The van der Waals surface area contributed by atoms with Gasteiger partial charge in [0.2, 0.25) is 11.8 Å². The average Bonchev–Trinajstić information content (AvgIpc) is 3.23. The first kappa shape index (κ1) is 55.5. The van der Waals surface area contributed by atoms with E-state index in [0.29, 0.717) is 95.9 Å². The van der Waals surface area contributed by atoms with E-state index in [1.54, 1.807) is 0 Å². The van der Waals surface area contributed by atoms with Gasteiger partial charge in [-0.15, -0.1) is 23.5 Å². The molecule has 0 atom stereocenters. The Morgan fingerprint density at radius 1 is 0.500 bits per heavy atom. The number of nitrogens with zero attached hydrogens (tertiary/aromatic N) is 2. The Labute approximate surface area is 406 Å². The summed E-state index contributed by atoms with van der Waals surface area (Å²) in [7, 11) is 0. The second kappa shape index (κ2) is 26.5. The van der Waals surface area contributed by atoms with Crippen molar-refractivity contribution in [2.45, 2.75) is 101 Å². The van der Waals surface area contributed by atoms with Crippen molar-refractivity contribution in [2.24, 2.45) is 22.9 Å². The Morgan fingerprint density at radius 2 is 0.824 bits per heavy atom. The maximum atomic E-state index is 14.1. The van der Waals surface area contributed by atoms with Gasteiger partial charge in [-0.1, -0.05) is 41.5 Å². The summed E-state index contributed by atoms with van der Waals surface area (Å²) in [4.78, 5) is 64.4. The predicted octanol–water partition coefficient (Wildman–Crippen LogP) is 3.91. The molecule has 0 saturated heterocycles. The van der Waals surface area contributed by atoms with Crippen LogP contribution in [0.2, 0.25) is 0 Å². The van der Waals surface area contributed by atoms with Crippen LogP contribution in [-0.2, 0) is 20.4 Å². The van der Waals surface area contributed by atoms with E-state index >= 15 is 0 Å². The molecule has 24 heteroatoms. The Hall–Kier alpha value is -6.82. The van der Waals surface area contributed by atoms with Gasteiger partial charge in [0.1, 0.15) is 17.7 Å². The number of nitrogens with two attached hydrogens (primary N) is 4. The molecule has 0 aliphatic rings. The number of carbonyl (C=O) groups is 4. The molecule has 68 heavy (non-hydrogen) atoms. The monoisotopic (exact) mass is 977 g/mol. The second-order valence-electron chi connectivity index (χ2n) is 17.6. The summed E-state index contributed by atoms with van der Waals surface area (Å²) in [6.45, 7) is 13.5. The van der Waals surface area contributed by atoms with Crippen molar-refractivity contribution in [1.82, 2.24) is 31.2 Å². The van der Waals surface area contributed by atoms with E-state index in [2.05, 4.69) is 52.5 Å². The number of carbonyl (C=O) groups excluding carboxylic acids is 4. The van der Waals surface area contributed by atoms with Gasteiger partial charge in [0.25, 0.3) is 11.8 Å². The Morgan fingerprint density at radius 3 is 1.15 bits per heavy atom. The van der Waals surface area contributed by atoms with Gasteiger partial charge in [-0.05, 0) is 71.9 Å². The first-order valence-electron chi connectivity index (χ1n) is 21.9. The molecule has 0 unspecified atom stereocenters. The number of anilines is 4. The topological polar surface area (TPSA) is 390 Å². The molecule has 2 aromatic carbocycles. The van der Waals surface area contributed by atoms with Crippen LogP contribution in [-0.4, -0.2) is 95.1 Å². The first-order chi connectivity index (χ1) is 31.9. The van der Waals surface area contributed by atoms with Crippen molar-refractivity contribution in [2.75, 3.05) is 59.0 Å². The largest absolute Gasteiger partial charge is 0.370 e. The number of guanidine groups is 4. The third kappa shape index (κ3) is 19.6. The lowest BCUT2D eigenvalue weighted by Crippen LogP contribution is -2.31. The summed E-state index contributed by atoms with van der Waals surface area (Å²) in [6, 6.07) is 8.66. The highest BCUT2D eigenvalue weighted by Crippen LogP contribution is 2.41. The van der Waals surface area contributed by atoms with Crippen molar-refractivity contribution >= 4 is 93.7 Å². The van der Waals surface area contributed by atoms with Gasteiger partial charge in [0, 0.05) is 56.6 Å². The summed E-state index contributed by atoms with van der Waals surface area (Å²) < 4.78 is 0. The highest BCUT2D eigenvalue weighted by molar-refractivity contribution is 7.99. The SMILES string of the molecule is CC(C)(C)c1cc(NC(=O)CCCCNC(=N)N)c(SCCNC(=N)N)c(NC(=O)c2cc(C(=O)Nc3cc(C(C)(C)C)cc(NC(=O)CCCCNC(=N)N)c3SCCNC(=N)N)ncn2)c1. The van der Waals surface area contributed by atoms with Crippen molar-refractivity contribution in [3.8, 4) is 0 Å². The quantitative estimate of drug-likeness (QED) is 0.0262. The molecule has 4 amide bonds. The van der Waals surface area contributed by atoms with E-state index in [1.165, 1.54) is 29.6 Å². The van der Waals surface area contributed by atoms with Crippen LogP contribution in [0.3, 0.4) is 0 Å². The molecule has 1 aromatic heterocycles. The van der Waals surface area contributed by atoms with Gasteiger partial charge in [0.05, 0.1) is 32.5 Å². The number of rotatable bonds is 24. The molecule has 0 bridgehead atoms. The summed E-state index contributed by atoms with van der Waals surface area (Å²) in [5.74, 6) is -1.69. The van der Waals surface area contributed by atoms with Crippen LogP contribution in [0.15, 0.2) is 46.5 Å². The van der Waals surface area contributed by atoms with Crippen molar-refractivity contribution in [3.63, 3.8) is 0 Å². The fraction of sp³-hybridized carbons (Fsp3) is 0.455.